The Morgan fingerprint density at radius 3 is 2.07 bits per heavy atom. The molecule has 4 rings (SSSR count). The predicted octanol–water partition coefficient (Wildman–Crippen LogP) is 5.93. The van der Waals surface area contributed by atoms with E-state index in [-0.39, 0.29) is 18.3 Å². The largest absolute Gasteiger partial charge is 0.424 e. The molecule has 29 heavy (non-hydrogen) atoms. The average molecular weight is 383 g/mol. The van der Waals surface area contributed by atoms with Gasteiger partial charge in [0.05, 0.1) is 5.69 Å². The van der Waals surface area contributed by atoms with Crippen LogP contribution in [0.15, 0.2) is 72.8 Å². The smallest absolute Gasteiger partial charge is 0.310 e. The first kappa shape index (κ1) is 18.7. The van der Waals surface area contributed by atoms with E-state index in [9.17, 15) is 9.59 Å². The van der Waals surface area contributed by atoms with E-state index in [4.69, 9.17) is 4.74 Å². The van der Waals surface area contributed by atoms with Gasteiger partial charge in [-0.3, -0.25) is 9.59 Å². The highest BCUT2D eigenvalue weighted by molar-refractivity contribution is 6.14. The number of esters is 1. The van der Waals surface area contributed by atoms with Crippen LogP contribution in [-0.4, -0.2) is 11.9 Å². The Morgan fingerprint density at radius 2 is 1.48 bits per heavy atom. The summed E-state index contributed by atoms with van der Waals surface area (Å²) in [6.07, 6.45) is 0.240. The average Bonchev–Trinajstić information content (AvgIpc) is 2.73. The van der Waals surface area contributed by atoms with E-state index in [1.54, 1.807) is 13.0 Å². The molecule has 0 unspecified atom stereocenters. The third kappa shape index (κ3) is 3.57. The van der Waals surface area contributed by atoms with Crippen molar-refractivity contribution in [3.8, 4) is 16.9 Å². The number of rotatable bonds is 4. The highest BCUT2D eigenvalue weighted by Gasteiger charge is 2.19. The van der Waals surface area contributed by atoms with Gasteiger partial charge in [-0.1, -0.05) is 67.6 Å². The highest BCUT2D eigenvalue weighted by atomic mass is 16.5. The minimum atomic E-state index is -0.353. The fraction of sp³-hybridized carbons (Fsp3) is 0.120. The number of fused-ring (bicyclic) bond motifs is 2. The molecule has 0 bridgehead atoms. The van der Waals surface area contributed by atoms with Gasteiger partial charge in [0.1, 0.15) is 0 Å². The summed E-state index contributed by atoms with van der Waals surface area (Å²) in [6, 6.07) is 24.0. The summed E-state index contributed by atoms with van der Waals surface area (Å²) in [5, 5.41) is 7.10. The molecule has 0 aliphatic carbocycles. The van der Waals surface area contributed by atoms with Crippen LogP contribution >= 0.6 is 0 Å². The summed E-state index contributed by atoms with van der Waals surface area (Å²) in [5.74, 6) is -0.205. The van der Waals surface area contributed by atoms with Crippen molar-refractivity contribution in [2.45, 2.75) is 20.3 Å². The number of amides is 1. The Hall–Kier alpha value is -3.66. The number of hydrogen-bond donors (Lipinski definition) is 1. The van der Waals surface area contributed by atoms with Gasteiger partial charge in [0.2, 0.25) is 5.91 Å². The third-order valence-electron chi connectivity index (χ3n) is 4.87. The zero-order valence-corrected chi connectivity index (χ0v) is 16.4. The SMILES string of the molecule is CCC(=O)Oc1c(NC(C)=O)cccc1-c1c2ccccc2cc2ccccc12. The van der Waals surface area contributed by atoms with Crippen LogP contribution < -0.4 is 10.1 Å². The lowest BCUT2D eigenvalue weighted by Gasteiger charge is -2.18. The second-order valence-electron chi connectivity index (χ2n) is 6.88. The van der Waals surface area contributed by atoms with Crippen molar-refractivity contribution in [3.05, 3.63) is 72.8 Å². The van der Waals surface area contributed by atoms with Gasteiger partial charge in [-0.15, -0.1) is 0 Å². The van der Waals surface area contributed by atoms with Crippen molar-refractivity contribution in [1.82, 2.24) is 0 Å². The molecule has 0 aliphatic heterocycles. The molecule has 0 spiro atoms. The van der Waals surface area contributed by atoms with Crippen LogP contribution in [0.3, 0.4) is 0 Å². The predicted molar refractivity (Wildman–Crippen MR) is 117 cm³/mol. The number of carbonyl (C=O) groups is 2. The van der Waals surface area contributed by atoms with Gasteiger partial charge in [-0.2, -0.15) is 0 Å². The Bertz CT molecular complexity index is 1190. The van der Waals surface area contributed by atoms with Crippen LogP contribution in [0, 0.1) is 0 Å². The molecule has 0 aromatic heterocycles. The first-order chi connectivity index (χ1) is 14.1. The third-order valence-corrected chi connectivity index (χ3v) is 4.87. The van der Waals surface area contributed by atoms with Crippen molar-refractivity contribution in [2.75, 3.05) is 5.32 Å². The molecule has 4 heteroatoms. The topological polar surface area (TPSA) is 55.4 Å². The summed E-state index contributed by atoms with van der Waals surface area (Å²) in [7, 11) is 0. The van der Waals surface area contributed by atoms with E-state index in [2.05, 4.69) is 35.6 Å². The number of carbonyl (C=O) groups excluding carboxylic acids is 2. The first-order valence-electron chi connectivity index (χ1n) is 9.60. The highest BCUT2D eigenvalue weighted by Crippen LogP contribution is 2.43. The van der Waals surface area contributed by atoms with Crippen molar-refractivity contribution in [2.24, 2.45) is 0 Å². The number of hydrogen-bond acceptors (Lipinski definition) is 3. The fourth-order valence-corrected chi connectivity index (χ4v) is 3.62. The molecule has 0 saturated carbocycles. The molecule has 4 aromatic rings. The molecule has 0 radical (unpaired) electrons. The maximum Gasteiger partial charge on any atom is 0.310 e. The van der Waals surface area contributed by atoms with Crippen molar-refractivity contribution in [3.63, 3.8) is 0 Å². The Balaban J connectivity index is 2.09. The van der Waals surface area contributed by atoms with E-state index < -0.39 is 0 Å². The number of benzene rings is 4. The normalized spacial score (nSPS) is 10.8. The van der Waals surface area contributed by atoms with Gasteiger partial charge in [0.25, 0.3) is 0 Å². The summed E-state index contributed by atoms with van der Waals surface area (Å²) in [6.45, 7) is 3.18. The van der Waals surface area contributed by atoms with E-state index in [0.717, 1.165) is 32.7 Å². The van der Waals surface area contributed by atoms with Crippen molar-refractivity contribution < 1.29 is 14.3 Å². The van der Waals surface area contributed by atoms with Gasteiger partial charge in [0, 0.05) is 24.5 Å². The van der Waals surface area contributed by atoms with Crippen LogP contribution in [0.2, 0.25) is 0 Å². The molecule has 144 valence electrons. The van der Waals surface area contributed by atoms with E-state index in [1.807, 2.05) is 36.4 Å². The Morgan fingerprint density at radius 1 is 0.862 bits per heavy atom. The molecule has 0 atom stereocenters. The summed E-state index contributed by atoms with van der Waals surface area (Å²) >= 11 is 0. The minimum Gasteiger partial charge on any atom is -0.424 e. The maximum absolute atomic E-state index is 12.2. The zero-order chi connectivity index (χ0) is 20.4. The van der Waals surface area contributed by atoms with Crippen molar-refractivity contribution >= 4 is 39.1 Å². The maximum atomic E-state index is 12.2. The minimum absolute atomic E-state index is 0.223. The van der Waals surface area contributed by atoms with Crippen LogP contribution in [0.4, 0.5) is 5.69 Å². The van der Waals surface area contributed by atoms with Crippen LogP contribution in [-0.2, 0) is 9.59 Å². The number of ether oxygens (including phenoxy) is 1. The van der Waals surface area contributed by atoms with Crippen molar-refractivity contribution in [1.29, 1.82) is 0 Å². The van der Waals surface area contributed by atoms with E-state index >= 15 is 0 Å². The lowest BCUT2D eigenvalue weighted by molar-refractivity contribution is -0.134. The molecule has 4 nitrogen and oxygen atoms in total. The van der Waals surface area contributed by atoms with Gasteiger partial charge >= 0.3 is 5.97 Å². The molecule has 4 aromatic carbocycles. The molecule has 0 fully saturated rings. The molecule has 0 aliphatic rings. The number of anilines is 1. The lowest BCUT2D eigenvalue weighted by Crippen LogP contribution is -2.12. The van der Waals surface area contributed by atoms with Gasteiger partial charge < -0.3 is 10.1 Å². The molecular weight excluding hydrogens is 362 g/mol. The van der Waals surface area contributed by atoms with Crippen LogP contribution in [0.25, 0.3) is 32.7 Å². The van der Waals surface area contributed by atoms with Crippen LogP contribution in [0.5, 0.6) is 5.75 Å². The number of nitrogens with one attached hydrogen (secondary N) is 1. The van der Waals surface area contributed by atoms with Crippen LogP contribution in [0.1, 0.15) is 20.3 Å². The lowest BCUT2D eigenvalue weighted by atomic mass is 9.91. The molecule has 0 saturated heterocycles. The number of para-hydroxylation sites is 1. The first-order valence-corrected chi connectivity index (χ1v) is 9.60. The zero-order valence-electron chi connectivity index (χ0n) is 16.4. The monoisotopic (exact) mass is 383 g/mol. The van der Waals surface area contributed by atoms with Gasteiger partial charge in [-0.25, -0.2) is 0 Å². The second-order valence-corrected chi connectivity index (χ2v) is 6.88. The Labute approximate surface area is 169 Å². The standard InChI is InChI=1S/C25H21NO3/c1-3-23(28)29-25-21(13-8-14-22(25)26-16(2)27)24-19-11-6-4-9-17(19)15-18-10-5-7-12-20(18)24/h4-15H,3H2,1-2H3,(H,26,27). The summed E-state index contributed by atoms with van der Waals surface area (Å²) in [4.78, 5) is 23.9. The second kappa shape index (κ2) is 7.76. The fourth-order valence-electron chi connectivity index (χ4n) is 3.62. The molecule has 1 amide bonds. The molecular formula is C25H21NO3. The van der Waals surface area contributed by atoms with E-state index in [1.165, 1.54) is 6.92 Å². The summed E-state index contributed by atoms with van der Waals surface area (Å²) < 4.78 is 5.73. The van der Waals surface area contributed by atoms with Gasteiger partial charge in [-0.05, 0) is 33.7 Å². The molecule has 0 heterocycles. The van der Waals surface area contributed by atoms with Gasteiger partial charge in [0.15, 0.2) is 5.75 Å². The molecule has 1 N–H and O–H groups in total. The summed E-state index contributed by atoms with van der Waals surface area (Å²) in [5.41, 5.74) is 2.23. The Kier molecular flexibility index (Phi) is 5.00. The van der Waals surface area contributed by atoms with E-state index in [0.29, 0.717) is 11.4 Å². The quantitative estimate of drug-likeness (QED) is 0.270.